The molecule has 2 aliphatic carbocycles. The highest BCUT2D eigenvalue weighted by atomic mass is 35.5. The molecule has 114 valence electrons. The molecule has 0 aliphatic heterocycles. The van der Waals surface area contributed by atoms with Crippen LogP contribution in [0.2, 0.25) is 5.02 Å². The van der Waals surface area contributed by atoms with Crippen molar-refractivity contribution in [2.75, 3.05) is 7.11 Å². The van der Waals surface area contributed by atoms with Crippen molar-refractivity contribution in [1.82, 2.24) is 0 Å². The van der Waals surface area contributed by atoms with Crippen LogP contribution in [0.4, 0.5) is 0 Å². The van der Waals surface area contributed by atoms with Crippen LogP contribution in [0.5, 0.6) is 5.75 Å². The molecule has 0 radical (unpaired) electrons. The standard InChI is InChI=1S/C18H17ClO3/c1-22-18(21)12-5-3-2-4-11(8-12)15-10-16(15)14-7-6-13(20)9-17(14)19/h2-4,6-9,15-16,20H,5,10H2,1H3. The van der Waals surface area contributed by atoms with Gasteiger partial charge in [0, 0.05) is 10.6 Å². The van der Waals surface area contributed by atoms with Crippen LogP contribution >= 0.6 is 11.6 Å². The fourth-order valence-corrected chi connectivity index (χ4v) is 3.23. The van der Waals surface area contributed by atoms with Gasteiger partial charge in [-0.2, -0.15) is 0 Å². The van der Waals surface area contributed by atoms with Gasteiger partial charge >= 0.3 is 5.97 Å². The molecule has 3 rings (SSSR count). The van der Waals surface area contributed by atoms with Crippen LogP contribution < -0.4 is 0 Å². The Hall–Kier alpha value is -2.00. The van der Waals surface area contributed by atoms with Crippen molar-refractivity contribution in [2.45, 2.75) is 18.8 Å². The largest absolute Gasteiger partial charge is 0.508 e. The van der Waals surface area contributed by atoms with Gasteiger partial charge in [-0.1, -0.05) is 35.9 Å². The third-order valence-corrected chi connectivity index (χ3v) is 4.48. The molecule has 0 amide bonds. The molecule has 0 heterocycles. The van der Waals surface area contributed by atoms with Crippen LogP contribution in [0.3, 0.4) is 0 Å². The Morgan fingerprint density at radius 1 is 1.36 bits per heavy atom. The number of carbonyl (C=O) groups is 1. The fraction of sp³-hybridized carbons (Fsp3) is 0.278. The Kier molecular flexibility index (Phi) is 4.08. The van der Waals surface area contributed by atoms with Crippen molar-refractivity contribution in [3.8, 4) is 5.75 Å². The quantitative estimate of drug-likeness (QED) is 0.853. The minimum atomic E-state index is -0.280. The minimum absolute atomic E-state index is 0.176. The molecule has 0 aromatic heterocycles. The molecule has 4 heteroatoms. The first kappa shape index (κ1) is 14.9. The Morgan fingerprint density at radius 3 is 2.91 bits per heavy atom. The monoisotopic (exact) mass is 316 g/mol. The first-order valence-electron chi connectivity index (χ1n) is 7.24. The molecule has 2 aliphatic rings. The summed E-state index contributed by atoms with van der Waals surface area (Å²) in [5, 5.41) is 10.0. The highest BCUT2D eigenvalue weighted by Gasteiger charge is 2.41. The summed E-state index contributed by atoms with van der Waals surface area (Å²) >= 11 is 6.22. The van der Waals surface area contributed by atoms with Crippen molar-refractivity contribution in [1.29, 1.82) is 0 Å². The summed E-state index contributed by atoms with van der Waals surface area (Å²) < 4.78 is 4.82. The minimum Gasteiger partial charge on any atom is -0.508 e. The average molecular weight is 317 g/mol. The van der Waals surface area contributed by atoms with Crippen LogP contribution in [-0.2, 0) is 9.53 Å². The van der Waals surface area contributed by atoms with Gasteiger partial charge in [-0.05, 0) is 54.0 Å². The predicted octanol–water partition coefficient (Wildman–Crippen LogP) is 4.13. The number of phenolic OH excluding ortho intramolecular Hbond substituents is 1. The number of rotatable bonds is 3. The van der Waals surface area contributed by atoms with Crippen LogP contribution in [0.1, 0.15) is 24.3 Å². The molecule has 1 saturated carbocycles. The lowest BCUT2D eigenvalue weighted by molar-refractivity contribution is -0.136. The number of phenols is 1. The van der Waals surface area contributed by atoms with Gasteiger partial charge in [-0.25, -0.2) is 4.79 Å². The summed E-state index contributed by atoms with van der Waals surface area (Å²) in [5.74, 6) is 0.582. The molecule has 1 aromatic carbocycles. The average Bonchev–Trinajstić information content (AvgIpc) is 3.29. The third kappa shape index (κ3) is 2.95. The highest BCUT2D eigenvalue weighted by molar-refractivity contribution is 6.31. The number of esters is 1. The first-order valence-corrected chi connectivity index (χ1v) is 7.62. The number of aromatic hydroxyl groups is 1. The zero-order valence-electron chi connectivity index (χ0n) is 12.3. The normalized spacial score (nSPS) is 23.4. The molecule has 2 unspecified atom stereocenters. The van der Waals surface area contributed by atoms with Crippen LogP contribution in [0.15, 0.2) is 53.6 Å². The smallest absolute Gasteiger partial charge is 0.334 e. The molecule has 3 nitrogen and oxygen atoms in total. The summed E-state index contributed by atoms with van der Waals surface area (Å²) in [6.45, 7) is 0. The molecule has 1 fully saturated rings. The van der Waals surface area contributed by atoms with Crippen LogP contribution in [0, 0.1) is 5.92 Å². The second-order valence-corrected chi connectivity index (χ2v) is 6.02. The summed E-state index contributed by atoms with van der Waals surface area (Å²) in [7, 11) is 1.40. The molecule has 0 spiro atoms. The molecular weight excluding hydrogens is 300 g/mol. The van der Waals surface area contributed by atoms with Crippen molar-refractivity contribution in [3.05, 3.63) is 64.2 Å². The van der Waals surface area contributed by atoms with E-state index < -0.39 is 0 Å². The zero-order valence-corrected chi connectivity index (χ0v) is 13.0. The van der Waals surface area contributed by atoms with Gasteiger partial charge in [0.2, 0.25) is 0 Å². The Morgan fingerprint density at radius 2 is 2.18 bits per heavy atom. The van der Waals surface area contributed by atoms with E-state index in [9.17, 15) is 9.90 Å². The second kappa shape index (κ2) is 6.01. The van der Waals surface area contributed by atoms with E-state index in [4.69, 9.17) is 16.3 Å². The van der Waals surface area contributed by atoms with Gasteiger partial charge in [0.1, 0.15) is 5.75 Å². The van der Waals surface area contributed by atoms with Gasteiger partial charge in [0.15, 0.2) is 0 Å². The first-order chi connectivity index (χ1) is 10.6. The lowest BCUT2D eigenvalue weighted by Crippen LogP contribution is -2.04. The van der Waals surface area contributed by atoms with Gasteiger partial charge in [-0.3, -0.25) is 0 Å². The number of carbonyl (C=O) groups excluding carboxylic acids is 1. The van der Waals surface area contributed by atoms with E-state index in [0.29, 0.717) is 28.9 Å². The van der Waals surface area contributed by atoms with E-state index in [2.05, 4.69) is 6.08 Å². The van der Waals surface area contributed by atoms with Crippen LogP contribution in [-0.4, -0.2) is 18.2 Å². The van der Waals surface area contributed by atoms with Crippen molar-refractivity contribution < 1.29 is 14.6 Å². The molecule has 1 N–H and O–H groups in total. The summed E-state index contributed by atoms with van der Waals surface area (Å²) in [4.78, 5) is 11.8. The van der Waals surface area contributed by atoms with E-state index in [-0.39, 0.29) is 11.7 Å². The third-order valence-electron chi connectivity index (χ3n) is 4.15. The molecular formula is C18H17ClO3. The summed E-state index contributed by atoms with van der Waals surface area (Å²) in [6.07, 6.45) is 9.51. The number of hydrogen-bond acceptors (Lipinski definition) is 3. The van der Waals surface area contributed by atoms with Crippen molar-refractivity contribution in [3.63, 3.8) is 0 Å². The number of allylic oxidation sites excluding steroid dienone is 5. The van der Waals surface area contributed by atoms with E-state index >= 15 is 0 Å². The SMILES string of the molecule is COC(=O)C1=CC(C2CC2c2ccc(O)cc2Cl)=CC=CC1. The fourth-order valence-electron chi connectivity index (χ4n) is 2.91. The number of hydrogen-bond donors (Lipinski definition) is 1. The van der Waals surface area contributed by atoms with Gasteiger partial charge in [-0.15, -0.1) is 0 Å². The van der Waals surface area contributed by atoms with E-state index in [0.717, 1.165) is 17.6 Å². The predicted molar refractivity (Wildman–Crippen MR) is 85.9 cm³/mol. The van der Waals surface area contributed by atoms with E-state index in [1.807, 2.05) is 24.3 Å². The Balaban J connectivity index is 1.82. The number of halogens is 1. The summed E-state index contributed by atoms with van der Waals surface area (Å²) in [6, 6.07) is 5.11. The highest BCUT2D eigenvalue weighted by Crippen LogP contribution is 2.54. The maximum absolute atomic E-state index is 11.8. The molecule has 22 heavy (non-hydrogen) atoms. The van der Waals surface area contributed by atoms with Crippen molar-refractivity contribution in [2.24, 2.45) is 5.92 Å². The molecule has 2 atom stereocenters. The lowest BCUT2D eigenvalue weighted by atomic mass is 10.0. The van der Waals surface area contributed by atoms with E-state index in [1.54, 1.807) is 12.1 Å². The lowest BCUT2D eigenvalue weighted by Gasteiger charge is -2.06. The molecule has 1 aromatic rings. The number of benzene rings is 1. The maximum atomic E-state index is 11.8. The van der Waals surface area contributed by atoms with Crippen molar-refractivity contribution >= 4 is 17.6 Å². The molecule has 0 bridgehead atoms. The molecule has 0 saturated heterocycles. The number of methoxy groups -OCH3 is 1. The zero-order chi connectivity index (χ0) is 15.7. The Bertz CT molecular complexity index is 700. The number of ether oxygens (including phenoxy) is 1. The van der Waals surface area contributed by atoms with E-state index in [1.165, 1.54) is 7.11 Å². The second-order valence-electron chi connectivity index (χ2n) is 5.61. The summed E-state index contributed by atoms with van der Waals surface area (Å²) in [5.41, 5.74) is 2.85. The van der Waals surface area contributed by atoms with Gasteiger partial charge in [0.25, 0.3) is 0 Å². The Labute approximate surface area is 134 Å². The topological polar surface area (TPSA) is 46.5 Å². The van der Waals surface area contributed by atoms with Crippen LogP contribution in [0.25, 0.3) is 0 Å². The maximum Gasteiger partial charge on any atom is 0.334 e. The van der Waals surface area contributed by atoms with Gasteiger partial charge in [0.05, 0.1) is 7.11 Å². The van der Waals surface area contributed by atoms with Gasteiger partial charge < -0.3 is 9.84 Å².